The number of carbonyl (C=O) groups excluding carboxylic acids is 1. The van der Waals surface area contributed by atoms with E-state index in [0.717, 1.165) is 25.9 Å². The predicted octanol–water partition coefficient (Wildman–Crippen LogP) is 3.33. The van der Waals surface area contributed by atoms with E-state index in [0.29, 0.717) is 6.42 Å². The summed E-state index contributed by atoms with van der Waals surface area (Å²) >= 11 is 3.51. The monoisotopic (exact) mass is 277 g/mol. The van der Waals surface area contributed by atoms with Crippen LogP contribution in [0.5, 0.6) is 0 Å². The van der Waals surface area contributed by atoms with E-state index in [1.807, 2.05) is 16.2 Å². The average molecular weight is 277 g/mol. The van der Waals surface area contributed by atoms with E-state index >= 15 is 0 Å². The molecule has 0 saturated carbocycles. The Hall–Kier alpha value is -1.13. The Balaban J connectivity index is 1.57. The van der Waals surface area contributed by atoms with Crippen LogP contribution in [-0.4, -0.2) is 17.4 Å². The second kappa shape index (κ2) is 5.24. The SMILES string of the molecule is O=C(CCc1ccsc1)N1CCc2sccc2C1. The third-order valence-electron chi connectivity index (χ3n) is 3.37. The van der Waals surface area contributed by atoms with Gasteiger partial charge in [0, 0.05) is 24.4 Å². The van der Waals surface area contributed by atoms with E-state index in [4.69, 9.17) is 0 Å². The fourth-order valence-electron chi connectivity index (χ4n) is 2.31. The molecular weight excluding hydrogens is 262 g/mol. The quantitative estimate of drug-likeness (QED) is 0.842. The van der Waals surface area contributed by atoms with Gasteiger partial charge in [-0.15, -0.1) is 11.3 Å². The fraction of sp³-hybridized carbons (Fsp3) is 0.357. The second-order valence-electron chi connectivity index (χ2n) is 4.57. The molecular formula is C14H15NOS2. The van der Waals surface area contributed by atoms with Crippen molar-refractivity contribution in [2.24, 2.45) is 0 Å². The minimum absolute atomic E-state index is 0.290. The minimum atomic E-state index is 0.290. The Labute approximate surface area is 115 Å². The molecule has 1 aliphatic rings. The van der Waals surface area contributed by atoms with Crippen LogP contribution in [0.25, 0.3) is 0 Å². The van der Waals surface area contributed by atoms with E-state index < -0.39 is 0 Å². The smallest absolute Gasteiger partial charge is 0.223 e. The average Bonchev–Trinajstić information content (AvgIpc) is 3.05. The molecule has 0 saturated heterocycles. The van der Waals surface area contributed by atoms with Crippen LogP contribution in [0.15, 0.2) is 28.3 Å². The Morgan fingerprint density at radius 1 is 1.33 bits per heavy atom. The van der Waals surface area contributed by atoms with Crippen molar-refractivity contribution in [3.8, 4) is 0 Å². The Morgan fingerprint density at radius 3 is 3.11 bits per heavy atom. The second-order valence-corrected chi connectivity index (χ2v) is 6.35. The van der Waals surface area contributed by atoms with E-state index in [-0.39, 0.29) is 5.91 Å². The van der Waals surface area contributed by atoms with Crippen LogP contribution in [0.4, 0.5) is 0 Å². The molecule has 18 heavy (non-hydrogen) atoms. The maximum absolute atomic E-state index is 12.2. The number of amides is 1. The number of fused-ring (bicyclic) bond motifs is 1. The lowest BCUT2D eigenvalue weighted by molar-refractivity contribution is -0.132. The number of carbonyl (C=O) groups is 1. The maximum atomic E-state index is 12.2. The topological polar surface area (TPSA) is 20.3 Å². The largest absolute Gasteiger partial charge is 0.338 e. The van der Waals surface area contributed by atoms with Crippen molar-refractivity contribution >= 4 is 28.6 Å². The summed E-state index contributed by atoms with van der Waals surface area (Å²) in [5, 5.41) is 6.32. The van der Waals surface area contributed by atoms with Crippen molar-refractivity contribution < 1.29 is 4.79 Å². The van der Waals surface area contributed by atoms with Gasteiger partial charge in [0.15, 0.2) is 0 Å². The molecule has 1 aliphatic heterocycles. The molecule has 3 rings (SSSR count). The zero-order chi connectivity index (χ0) is 12.4. The number of rotatable bonds is 3. The highest BCUT2D eigenvalue weighted by Gasteiger charge is 2.20. The number of aryl methyl sites for hydroxylation is 1. The van der Waals surface area contributed by atoms with Crippen molar-refractivity contribution in [1.82, 2.24) is 4.90 Å². The molecule has 0 fully saturated rings. The molecule has 0 atom stereocenters. The summed E-state index contributed by atoms with van der Waals surface area (Å²) in [7, 11) is 0. The van der Waals surface area contributed by atoms with Gasteiger partial charge in [0.2, 0.25) is 5.91 Å². The van der Waals surface area contributed by atoms with E-state index in [2.05, 4.69) is 28.3 Å². The standard InChI is InChI=1S/C14H15NOS2/c16-14(2-1-11-4-7-17-10-11)15-6-3-13-12(9-15)5-8-18-13/h4-5,7-8,10H,1-3,6,9H2. The molecule has 1 amide bonds. The molecule has 2 aromatic heterocycles. The Bertz CT molecular complexity index is 530. The molecule has 0 aliphatic carbocycles. The highest BCUT2D eigenvalue weighted by atomic mass is 32.1. The van der Waals surface area contributed by atoms with Crippen molar-refractivity contribution in [2.45, 2.75) is 25.8 Å². The number of hydrogen-bond acceptors (Lipinski definition) is 3. The van der Waals surface area contributed by atoms with Gasteiger partial charge in [-0.05, 0) is 52.2 Å². The van der Waals surface area contributed by atoms with Crippen LogP contribution in [0.1, 0.15) is 22.4 Å². The van der Waals surface area contributed by atoms with Gasteiger partial charge in [-0.3, -0.25) is 4.79 Å². The first-order chi connectivity index (χ1) is 8.83. The summed E-state index contributed by atoms with van der Waals surface area (Å²) in [5.74, 6) is 0.290. The fourth-order valence-corrected chi connectivity index (χ4v) is 3.90. The molecule has 2 aromatic rings. The lowest BCUT2D eigenvalue weighted by Gasteiger charge is -2.27. The van der Waals surface area contributed by atoms with Gasteiger partial charge in [-0.2, -0.15) is 11.3 Å². The molecule has 3 heterocycles. The van der Waals surface area contributed by atoms with Crippen LogP contribution in [-0.2, 0) is 24.2 Å². The molecule has 0 radical (unpaired) electrons. The van der Waals surface area contributed by atoms with Gasteiger partial charge in [-0.25, -0.2) is 0 Å². The molecule has 0 unspecified atom stereocenters. The summed E-state index contributed by atoms with van der Waals surface area (Å²) < 4.78 is 0. The van der Waals surface area contributed by atoms with Gasteiger partial charge >= 0.3 is 0 Å². The number of hydrogen-bond donors (Lipinski definition) is 0. The van der Waals surface area contributed by atoms with Crippen LogP contribution in [0.2, 0.25) is 0 Å². The van der Waals surface area contributed by atoms with Gasteiger partial charge in [0.1, 0.15) is 0 Å². The van der Waals surface area contributed by atoms with E-state index in [1.165, 1.54) is 16.0 Å². The van der Waals surface area contributed by atoms with E-state index in [9.17, 15) is 4.79 Å². The van der Waals surface area contributed by atoms with Crippen molar-refractivity contribution in [3.05, 3.63) is 44.3 Å². The van der Waals surface area contributed by atoms with Crippen LogP contribution in [0.3, 0.4) is 0 Å². The zero-order valence-corrected chi connectivity index (χ0v) is 11.7. The summed E-state index contributed by atoms with van der Waals surface area (Å²) in [6, 6.07) is 4.25. The molecule has 4 heteroatoms. The number of nitrogens with zero attached hydrogens (tertiary/aromatic N) is 1. The third kappa shape index (κ3) is 2.49. The van der Waals surface area contributed by atoms with Crippen molar-refractivity contribution in [1.29, 1.82) is 0 Å². The first-order valence-corrected chi connectivity index (χ1v) is 7.99. The minimum Gasteiger partial charge on any atom is -0.338 e. The lowest BCUT2D eigenvalue weighted by atomic mass is 10.1. The predicted molar refractivity (Wildman–Crippen MR) is 76.1 cm³/mol. The summed E-state index contributed by atoms with van der Waals surface area (Å²) in [5.41, 5.74) is 2.62. The van der Waals surface area contributed by atoms with Gasteiger partial charge in [0.25, 0.3) is 0 Å². The molecule has 0 N–H and O–H groups in total. The molecule has 0 spiro atoms. The van der Waals surface area contributed by atoms with Gasteiger partial charge < -0.3 is 4.90 Å². The third-order valence-corrected chi connectivity index (χ3v) is 5.12. The van der Waals surface area contributed by atoms with Gasteiger partial charge in [0.05, 0.1) is 0 Å². The first-order valence-electron chi connectivity index (χ1n) is 6.17. The van der Waals surface area contributed by atoms with Gasteiger partial charge in [-0.1, -0.05) is 0 Å². The first kappa shape index (κ1) is 11.9. The summed E-state index contributed by atoms with van der Waals surface area (Å²) in [6.07, 6.45) is 2.53. The zero-order valence-electron chi connectivity index (χ0n) is 10.1. The van der Waals surface area contributed by atoms with Crippen LogP contribution < -0.4 is 0 Å². The lowest BCUT2D eigenvalue weighted by Crippen LogP contribution is -2.35. The highest BCUT2D eigenvalue weighted by molar-refractivity contribution is 7.10. The van der Waals surface area contributed by atoms with E-state index in [1.54, 1.807) is 11.3 Å². The normalized spacial score (nSPS) is 14.6. The number of thiophene rings is 2. The molecule has 0 aromatic carbocycles. The molecule has 2 nitrogen and oxygen atoms in total. The molecule has 0 bridgehead atoms. The maximum Gasteiger partial charge on any atom is 0.223 e. The van der Waals surface area contributed by atoms with Crippen molar-refractivity contribution in [3.63, 3.8) is 0 Å². The molecule has 94 valence electrons. The van der Waals surface area contributed by atoms with Crippen LogP contribution in [0, 0.1) is 0 Å². The Morgan fingerprint density at radius 2 is 2.28 bits per heavy atom. The van der Waals surface area contributed by atoms with Crippen molar-refractivity contribution in [2.75, 3.05) is 6.54 Å². The van der Waals surface area contributed by atoms with Crippen LogP contribution >= 0.6 is 22.7 Å². The summed E-state index contributed by atoms with van der Waals surface area (Å²) in [4.78, 5) is 15.6. The highest BCUT2D eigenvalue weighted by Crippen LogP contribution is 2.24. The Kier molecular flexibility index (Phi) is 3.48. The summed E-state index contributed by atoms with van der Waals surface area (Å²) in [6.45, 7) is 1.69.